The van der Waals surface area contributed by atoms with E-state index >= 15 is 0 Å². The second-order valence-electron chi connectivity index (χ2n) is 3.66. The third-order valence-corrected chi connectivity index (χ3v) is 2.58. The van der Waals surface area contributed by atoms with Crippen LogP contribution in [0, 0.1) is 17.0 Å². The minimum absolute atomic E-state index is 0.0369. The lowest BCUT2D eigenvalue weighted by atomic mass is 10.1. The Kier molecular flexibility index (Phi) is 2.51. The number of non-ortho nitro benzene ring substituents is 1. The number of nitrogens with zero attached hydrogens (tertiary/aromatic N) is 4. The monoisotopic (exact) mass is 233 g/mol. The Hall–Kier alpha value is -2.44. The number of nitrogen functional groups attached to an aromatic ring is 1. The number of aryl methyl sites for hydroxylation is 1. The molecule has 0 bridgehead atoms. The van der Waals surface area contributed by atoms with Crippen molar-refractivity contribution in [3.05, 3.63) is 34.1 Å². The largest absolute Gasteiger partial charge is 0.398 e. The lowest BCUT2D eigenvalue weighted by Gasteiger charge is -2.04. The van der Waals surface area contributed by atoms with Crippen LogP contribution in [0.15, 0.2) is 18.2 Å². The van der Waals surface area contributed by atoms with Gasteiger partial charge in [-0.3, -0.25) is 10.1 Å². The fraction of sp³-hybridized carbons (Fsp3) is 0.200. The molecule has 0 radical (unpaired) electrons. The minimum Gasteiger partial charge on any atom is -0.398 e. The van der Waals surface area contributed by atoms with Crippen molar-refractivity contribution < 1.29 is 4.92 Å². The number of anilines is 1. The molecule has 0 saturated carbocycles. The van der Waals surface area contributed by atoms with Gasteiger partial charge in [-0.25, -0.2) is 0 Å². The molecule has 2 aromatic rings. The SMILES string of the molecule is Cc1nnc(-c2ccc([N+](=O)[O-])cc2N)n1C. The molecule has 0 saturated heterocycles. The Morgan fingerprint density at radius 2 is 2.12 bits per heavy atom. The highest BCUT2D eigenvalue weighted by Gasteiger charge is 2.14. The third-order valence-electron chi connectivity index (χ3n) is 2.58. The smallest absolute Gasteiger partial charge is 0.271 e. The number of nitro groups is 1. The summed E-state index contributed by atoms with van der Waals surface area (Å²) in [4.78, 5) is 10.1. The van der Waals surface area contributed by atoms with Gasteiger partial charge in [0.2, 0.25) is 0 Å². The van der Waals surface area contributed by atoms with Crippen molar-refractivity contribution in [3.8, 4) is 11.4 Å². The summed E-state index contributed by atoms with van der Waals surface area (Å²) in [5, 5.41) is 18.5. The molecule has 0 spiro atoms. The molecule has 0 unspecified atom stereocenters. The summed E-state index contributed by atoms with van der Waals surface area (Å²) >= 11 is 0. The van der Waals surface area contributed by atoms with Crippen molar-refractivity contribution in [2.45, 2.75) is 6.92 Å². The maximum Gasteiger partial charge on any atom is 0.271 e. The van der Waals surface area contributed by atoms with Crippen LogP contribution in [-0.4, -0.2) is 19.7 Å². The number of aromatic nitrogens is 3. The Morgan fingerprint density at radius 1 is 1.41 bits per heavy atom. The number of benzene rings is 1. The van der Waals surface area contributed by atoms with E-state index in [1.807, 2.05) is 14.0 Å². The Bertz CT molecular complexity index is 590. The van der Waals surface area contributed by atoms with Crippen molar-refractivity contribution >= 4 is 11.4 Å². The molecule has 2 N–H and O–H groups in total. The average molecular weight is 233 g/mol. The predicted molar refractivity (Wildman–Crippen MR) is 62.2 cm³/mol. The fourth-order valence-corrected chi connectivity index (χ4v) is 1.51. The first kappa shape index (κ1) is 11.1. The van der Waals surface area contributed by atoms with E-state index in [9.17, 15) is 10.1 Å². The standard InChI is InChI=1S/C10H11N5O2/c1-6-12-13-10(14(6)2)8-4-3-7(15(16)17)5-9(8)11/h3-5H,11H2,1-2H3. The van der Waals surface area contributed by atoms with Gasteiger partial charge < -0.3 is 10.3 Å². The zero-order valence-electron chi connectivity index (χ0n) is 9.41. The minimum atomic E-state index is -0.484. The van der Waals surface area contributed by atoms with Gasteiger partial charge in [0.15, 0.2) is 5.82 Å². The van der Waals surface area contributed by atoms with Crippen LogP contribution in [0.1, 0.15) is 5.82 Å². The lowest BCUT2D eigenvalue weighted by Crippen LogP contribution is -1.99. The zero-order chi connectivity index (χ0) is 12.6. The number of nitro benzene ring substituents is 1. The van der Waals surface area contributed by atoms with Gasteiger partial charge in [-0.05, 0) is 13.0 Å². The Balaban J connectivity index is 2.54. The van der Waals surface area contributed by atoms with E-state index in [1.165, 1.54) is 12.1 Å². The zero-order valence-corrected chi connectivity index (χ0v) is 9.41. The van der Waals surface area contributed by atoms with Crippen LogP contribution in [-0.2, 0) is 7.05 Å². The topological polar surface area (TPSA) is 99.9 Å². The lowest BCUT2D eigenvalue weighted by molar-refractivity contribution is -0.384. The number of rotatable bonds is 2. The molecule has 2 rings (SSSR count). The number of hydrogen-bond donors (Lipinski definition) is 1. The summed E-state index contributed by atoms with van der Waals surface area (Å²) in [5.41, 5.74) is 6.70. The third kappa shape index (κ3) is 1.82. The van der Waals surface area contributed by atoms with Gasteiger partial charge in [0.05, 0.1) is 4.92 Å². The van der Waals surface area contributed by atoms with Crippen molar-refractivity contribution in [2.75, 3.05) is 5.73 Å². The van der Waals surface area contributed by atoms with Gasteiger partial charge in [0.25, 0.3) is 5.69 Å². The Labute approximate surface area is 97.0 Å². The van der Waals surface area contributed by atoms with Crippen molar-refractivity contribution in [3.63, 3.8) is 0 Å². The van der Waals surface area contributed by atoms with Crippen LogP contribution in [0.25, 0.3) is 11.4 Å². The van der Waals surface area contributed by atoms with Crippen LogP contribution in [0.3, 0.4) is 0 Å². The molecule has 17 heavy (non-hydrogen) atoms. The molecular formula is C10H11N5O2. The predicted octanol–water partition coefficient (Wildman–Crippen LogP) is 1.28. The first-order valence-electron chi connectivity index (χ1n) is 4.91. The molecule has 1 aromatic heterocycles. The second-order valence-corrected chi connectivity index (χ2v) is 3.66. The summed E-state index contributed by atoms with van der Waals surface area (Å²) in [6.07, 6.45) is 0. The number of hydrogen-bond acceptors (Lipinski definition) is 5. The van der Waals surface area contributed by atoms with E-state index in [0.29, 0.717) is 17.1 Å². The van der Waals surface area contributed by atoms with Crippen molar-refractivity contribution in [2.24, 2.45) is 7.05 Å². The van der Waals surface area contributed by atoms with Crippen LogP contribution < -0.4 is 5.73 Å². The second kappa shape index (κ2) is 3.85. The van der Waals surface area contributed by atoms with E-state index in [2.05, 4.69) is 10.2 Å². The van der Waals surface area contributed by atoms with Gasteiger partial charge in [0.1, 0.15) is 5.82 Å². The maximum atomic E-state index is 10.6. The normalized spacial score (nSPS) is 10.5. The summed E-state index contributed by atoms with van der Waals surface area (Å²) in [7, 11) is 1.81. The van der Waals surface area contributed by atoms with Crippen LogP contribution in [0.2, 0.25) is 0 Å². The molecular weight excluding hydrogens is 222 g/mol. The fourth-order valence-electron chi connectivity index (χ4n) is 1.51. The summed E-state index contributed by atoms with van der Waals surface area (Å²) in [6.45, 7) is 1.82. The van der Waals surface area contributed by atoms with Gasteiger partial charge in [-0.2, -0.15) is 0 Å². The Morgan fingerprint density at radius 3 is 2.59 bits per heavy atom. The molecule has 0 aliphatic heterocycles. The molecule has 1 aromatic carbocycles. The quantitative estimate of drug-likeness (QED) is 0.478. The summed E-state index contributed by atoms with van der Waals surface area (Å²) in [5.74, 6) is 1.34. The molecule has 0 aliphatic rings. The van der Waals surface area contributed by atoms with Crippen LogP contribution in [0.5, 0.6) is 0 Å². The number of nitrogens with two attached hydrogens (primary N) is 1. The van der Waals surface area contributed by atoms with Gasteiger partial charge in [-0.1, -0.05) is 0 Å². The highest BCUT2D eigenvalue weighted by Crippen LogP contribution is 2.27. The maximum absolute atomic E-state index is 10.6. The molecule has 7 heteroatoms. The molecule has 88 valence electrons. The first-order valence-corrected chi connectivity index (χ1v) is 4.91. The van der Waals surface area contributed by atoms with Crippen molar-refractivity contribution in [1.82, 2.24) is 14.8 Å². The van der Waals surface area contributed by atoms with E-state index in [-0.39, 0.29) is 5.69 Å². The average Bonchev–Trinajstić information content (AvgIpc) is 2.60. The summed E-state index contributed by atoms with van der Waals surface area (Å²) < 4.78 is 1.78. The van der Waals surface area contributed by atoms with Gasteiger partial charge in [-0.15, -0.1) is 10.2 Å². The molecule has 7 nitrogen and oxygen atoms in total. The highest BCUT2D eigenvalue weighted by atomic mass is 16.6. The van der Waals surface area contributed by atoms with E-state index in [4.69, 9.17) is 5.73 Å². The molecule has 0 amide bonds. The van der Waals surface area contributed by atoms with Gasteiger partial charge in [0, 0.05) is 30.4 Å². The molecule has 1 heterocycles. The molecule has 0 fully saturated rings. The van der Waals surface area contributed by atoms with Crippen LogP contribution >= 0.6 is 0 Å². The van der Waals surface area contributed by atoms with Crippen molar-refractivity contribution in [1.29, 1.82) is 0 Å². The first-order chi connectivity index (χ1) is 8.00. The molecule has 0 aliphatic carbocycles. The van der Waals surface area contributed by atoms with Gasteiger partial charge >= 0.3 is 0 Å². The van der Waals surface area contributed by atoms with Crippen LogP contribution in [0.4, 0.5) is 11.4 Å². The van der Waals surface area contributed by atoms with E-state index in [1.54, 1.807) is 10.6 Å². The van der Waals surface area contributed by atoms with E-state index < -0.39 is 4.92 Å². The van der Waals surface area contributed by atoms with E-state index in [0.717, 1.165) is 5.82 Å². The molecule has 0 atom stereocenters. The summed E-state index contributed by atoms with van der Waals surface area (Å²) in [6, 6.07) is 4.30. The highest BCUT2D eigenvalue weighted by molar-refractivity contribution is 5.74.